The molecule has 0 unspecified atom stereocenters. The van der Waals surface area contributed by atoms with Crippen LogP contribution in [0, 0.1) is 13.8 Å². The molecule has 2 aromatic rings. The molecule has 0 fully saturated rings. The zero-order valence-corrected chi connectivity index (χ0v) is 14.6. The molecular weight excluding hydrogens is 310 g/mol. The predicted octanol–water partition coefficient (Wildman–Crippen LogP) is 3.20. The Labute approximate surface area is 137 Å². The van der Waals surface area contributed by atoms with Crippen LogP contribution in [-0.2, 0) is 9.84 Å². The first-order valence-electron chi connectivity index (χ1n) is 7.36. The van der Waals surface area contributed by atoms with Crippen LogP contribution in [-0.4, -0.2) is 20.6 Å². The van der Waals surface area contributed by atoms with Gasteiger partial charge in [0.05, 0.1) is 10.9 Å². The second kappa shape index (κ2) is 6.54. The molecule has 0 aromatic heterocycles. The molecule has 1 amide bonds. The zero-order valence-electron chi connectivity index (χ0n) is 13.8. The van der Waals surface area contributed by atoms with E-state index in [2.05, 4.69) is 5.32 Å². The van der Waals surface area contributed by atoms with E-state index in [9.17, 15) is 13.2 Å². The van der Waals surface area contributed by atoms with Crippen LogP contribution in [0.5, 0.6) is 0 Å². The Hall–Kier alpha value is -2.14. The molecule has 1 N–H and O–H groups in total. The van der Waals surface area contributed by atoms with Crippen molar-refractivity contribution in [3.8, 4) is 0 Å². The lowest BCUT2D eigenvalue weighted by Gasteiger charge is -2.16. The molecule has 0 bridgehead atoms. The number of amides is 1. The van der Waals surface area contributed by atoms with Crippen molar-refractivity contribution < 1.29 is 13.2 Å². The Kier molecular flexibility index (Phi) is 4.90. The molecule has 122 valence electrons. The topological polar surface area (TPSA) is 63.2 Å². The van der Waals surface area contributed by atoms with Gasteiger partial charge in [0, 0.05) is 11.8 Å². The number of sulfone groups is 1. The number of hydrogen-bond acceptors (Lipinski definition) is 3. The maximum atomic E-state index is 12.4. The SMILES string of the molecule is Cc1ccc(C(=O)N[C@@H](C)c2ccc(S(C)(=O)=O)cc2)c(C)c1. The van der Waals surface area contributed by atoms with Gasteiger partial charge in [-0.2, -0.15) is 0 Å². The standard InChI is InChI=1S/C18H21NO3S/c1-12-5-10-17(13(2)11-12)18(20)19-14(3)15-6-8-16(9-7-15)23(4,21)22/h5-11,14H,1-4H3,(H,19,20)/t14-/m0/s1. The minimum absolute atomic E-state index is 0.137. The molecule has 0 heterocycles. The Morgan fingerprint density at radius 3 is 2.17 bits per heavy atom. The Bertz CT molecular complexity index is 824. The normalized spacial score (nSPS) is 12.7. The average Bonchev–Trinajstić information content (AvgIpc) is 2.46. The van der Waals surface area contributed by atoms with Crippen LogP contribution in [0.1, 0.15) is 40.0 Å². The molecule has 23 heavy (non-hydrogen) atoms. The minimum atomic E-state index is -3.21. The van der Waals surface area contributed by atoms with Crippen molar-refractivity contribution in [3.05, 3.63) is 64.7 Å². The highest BCUT2D eigenvalue weighted by Crippen LogP contribution is 2.18. The lowest BCUT2D eigenvalue weighted by Crippen LogP contribution is -2.27. The summed E-state index contributed by atoms with van der Waals surface area (Å²) in [4.78, 5) is 12.7. The number of carbonyl (C=O) groups is 1. The van der Waals surface area contributed by atoms with Gasteiger partial charge in [0.1, 0.15) is 0 Å². The quantitative estimate of drug-likeness (QED) is 0.936. The number of aryl methyl sites for hydroxylation is 2. The summed E-state index contributed by atoms with van der Waals surface area (Å²) in [6, 6.07) is 12.1. The van der Waals surface area contributed by atoms with Gasteiger partial charge in [-0.05, 0) is 50.1 Å². The Morgan fingerprint density at radius 2 is 1.65 bits per heavy atom. The lowest BCUT2D eigenvalue weighted by molar-refractivity contribution is 0.0939. The third kappa shape index (κ3) is 4.20. The molecule has 0 saturated carbocycles. The van der Waals surface area contributed by atoms with Gasteiger partial charge in [0.25, 0.3) is 5.91 Å². The highest BCUT2D eigenvalue weighted by molar-refractivity contribution is 7.90. The number of benzene rings is 2. The summed E-state index contributed by atoms with van der Waals surface area (Å²) in [6.45, 7) is 5.77. The molecule has 0 spiro atoms. The van der Waals surface area contributed by atoms with Gasteiger partial charge >= 0.3 is 0 Å². The summed E-state index contributed by atoms with van der Waals surface area (Å²) in [5.74, 6) is -0.137. The van der Waals surface area contributed by atoms with E-state index in [1.54, 1.807) is 24.3 Å². The number of carbonyl (C=O) groups excluding carboxylic acids is 1. The summed E-state index contributed by atoms with van der Waals surface area (Å²) in [5, 5.41) is 2.94. The fourth-order valence-corrected chi connectivity index (χ4v) is 3.06. The van der Waals surface area contributed by atoms with Crippen LogP contribution in [0.3, 0.4) is 0 Å². The molecule has 0 radical (unpaired) electrons. The van der Waals surface area contributed by atoms with Gasteiger partial charge in [-0.15, -0.1) is 0 Å². The van der Waals surface area contributed by atoms with Crippen LogP contribution in [0.2, 0.25) is 0 Å². The second-order valence-corrected chi connectivity index (χ2v) is 7.87. The van der Waals surface area contributed by atoms with Crippen LogP contribution < -0.4 is 5.32 Å². The number of rotatable bonds is 4. The van der Waals surface area contributed by atoms with Crippen LogP contribution >= 0.6 is 0 Å². The van der Waals surface area contributed by atoms with Gasteiger partial charge in [-0.3, -0.25) is 4.79 Å². The molecule has 0 saturated heterocycles. The van der Waals surface area contributed by atoms with Crippen LogP contribution in [0.4, 0.5) is 0 Å². The van der Waals surface area contributed by atoms with Crippen molar-refractivity contribution in [3.63, 3.8) is 0 Å². The summed E-state index contributed by atoms with van der Waals surface area (Å²) < 4.78 is 22.9. The van der Waals surface area contributed by atoms with Crippen molar-refractivity contribution in [2.75, 3.05) is 6.26 Å². The minimum Gasteiger partial charge on any atom is -0.346 e. The summed E-state index contributed by atoms with van der Waals surface area (Å²) >= 11 is 0. The van der Waals surface area contributed by atoms with E-state index in [4.69, 9.17) is 0 Å². The first-order valence-corrected chi connectivity index (χ1v) is 9.26. The lowest BCUT2D eigenvalue weighted by atomic mass is 10.0. The molecule has 2 aromatic carbocycles. The van der Waals surface area contributed by atoms with E-state index in [1.165, 1.54) is 6.26 Å². The number of nitrogens with one attached hydrogen (secondary N) is 1. The van der Waals surface area contributed by atoms with Gasteiger partial charge < -0.3 is 5.32 Å². The van der Waals surface area contributed by atoms with Crippen LogP contribution in [0.15, 0.2) is 47.4 Å². The molecule has 1 atom stereocenters. The summed E-state index contributed by atoms with van der Waals surface area (Å²) in [6.07, 6.45) is 1.17. The maximum absolute atomic E-state index is 12.4. The third-order valence-electron chi connectivity index (χ3n) is 3.78. The fraction of sp³-hybridized carbons (Fsp3) is 0.278. The first kappa shape index (κ1) is 17.2. The fourth-order valence-electron chi connectivity index (χ4n) is 2.43. The maximum Gasteiger partial charge on any atom is 0.252 e. The third-order valence-corrected chi connectivity index (χ3v) is 4.91. The van der Waals surface area contributed by atoms with E-state index < -0.39 is 9.84 Å². The molecule has 0 aliphatic heterocycles. The van der Waals surface area contributed by atoms with E-state index in [-0.39, 0.29) is 16.8 Å². The molecule has 5 heteroatoms. The smallest absolute Gasteiger partial charge is 0.252 e. The zero-order chi connectivity index (χ0) is 17.2. The largest absolute Gasteiger partial charge is 0.346 e. The Balaban J connectivity index is 2.15. The van der Waals surface area contributed by atoms with Gasteiger partial charge in [-0.25, -0.2) is 8.42 Å². The van der Waals surface area contributed by atoms with Crippen molar-refractivity contribution in [2.45, 2.75) is 31.7 Å². The highest BCUT2D eigenvalue weighted by Gasteiger charge is 2.14. The summed E-state index contributed by atoms with van der Waals surface area (Å²) in [7, 11) is -3.21. The van der Waals surface area contributed by atoms with E-state index in [1.807, 2.05) is 39.0 Å². The molecule has 2 rings (SSSR count). The first-order chi connectivity index (χ1) is 10.7. The van der Waals surface area contributed by atoms with E-state index in [0.29, 0.717) is 5.56 Å². The van der Waals surface area contributed by atoms with E-state index >= 15 is 0 Å². The van der Waals surface area contributed by atoms with Gasteiger partial charge in [-0.1, -0.05) is 29.8 Å². The van der Waals surface area contributed by atoms with Crippen molar-refractivity contribution in [1.82, 2.24) is 5.32 Å². The molecule has 4 nitrogen and oxygen atoms in total. The monoisotopic (exact) mass is 331 g/mol. The Morgan fingerprint density at radius 1 is 1.04 bits per heavy atom. The summed E-state index contributed by atoms with van der Waals surface area (Å²) in [5.41, 5.74) is 3.55. The van der Waals surface area contributed by atoms with Gasteiger partial charge in [0.15, 0.2) is 9.84 Å². The van der Waals surface area contributed by atoms with Gasteiger partial charge in [0.2, 0.25) is 0 Å². The van der Waals surface area contributed by atoms with Crippen molar-refractivity contribution in [2.24, 2.45) is 0 Å². The number of hydrogen-bond donors (Lipinski definition) is 1. The predicted molar refractivity (Wildman–Crippen MR) is 91.3 cm³/mol. The molecular formula is C18H21NO3S. The van der Waals surface area contributed by atoms with Crippen molar-refractivity contribution >= 4 is 15.7 Å². The van der Waals surface area contributed by atoms with Crippen LogP contribution in [0.25, 0.3) is 0 Å². The average molecular weight is 331 g/mol. The highest BCUT2D eigenvalue weighted by atomic mass is 32.2. The molecule has 0 aliphatic rings. The van der Waals surface area contributed by atoms with Crippen molar-refractivity contribution in [1.29, 1.82) is 0 Å². The van der Waals surface area contributed by atoms with E-state index in [0.717, 1.165) is 16.7 Å². The second-order valence-electron chi connectivity index (χ2n) is 5.85. The molecule has 0 aliphatic carbocycles.